The number of halogens is 2. The Morgan fingerprint density at radius 2 is 2.39 bits per heavy atom. The monoisotopic (exact) mass is 380 g/mol. The van der Waals surface area contributed by atoms with Gasteiger partial charge in [0, 0.05) is 6.42 Å². The molecule has 0 radical (unpaired) electrons. The molecule has 2 aliphatic heterocycles. The number of carbonyl (C=O) groups is 1. The maximum absolute atomic E-state index is 11.3. The molecule has 96 valence electrons. The summed E-state index contributed by atoms with van der Waals surface area (Å²) in [4.78, 5) is 19.8. The Balaban J connectivity index is 2.13. The summed E-state index contributed by atoms with van der Waals surface area (Å²) in [5, 5.41) is 0. The molecule has 1 atom stereocenters. The lowest BCUT2D eigenvalue weighted by Crippen LogP contribution is -2.33. The number of fused-ring (bicyclic) bond motifs is 1. The first-order valence-corrected chi connectivity index (χ1v) is 6.93. The molecule has 0 aliphatic carbocycles. The predicted molar refractivity (Wildman–Crippen MR) is 78.1 cm³/mol. The molecule has 1 unspecified atom stereocenters. The van der Waals surface area contributed by atoms with Gasteiger partial charge < -0.3 is 4.74 Å². The number of quaternary nitrogens is 1. The third-order valence-electron chi connectivity index (χ3n) is 2.57. The third kappa shape index (κ3) is 2.50. The van der Waals surface area contributed by atoms with Gasteiger partial charge in [-0.05, 0) is 6.92 Å². The van der Waals surface area contributed by atoms with Crippen molar-refractivity contribution in [2.45, 2.75) is 19.8 Å². The van der Waals surface area contributed by atoms with Crippen LogP contribution in [0.3, 0.4) is 0 Å². The molecule has 0 spiro atoms. The average Bonchev–Trinajstić information content (AvgIpc) is 2.60. The van der Waals surface area contributed by atoms with Crippen molar-refractivity contribution in [2.24, 2.45) is 9.98 Å². The number of hydrogen-bond acceptors (Lipinski definition) is 4. The van der Waals surface area contributed by atoms with E-state index < -0.39 is 0 Å². The molecular weight excluding hydrogens is 368 g/mol. The molecule has 2 heterocycles. The molecule has 0 aromatic rings. The first-order valence-electron chi connectivity index (χ1n) is 5.51. The standard InChI is InChI=1S/C11H12ClIN3O2/c1-2-18-10(17)4-3-8-9-7-14-5-6-16(9,12)11(13)15-8/h5-7H,2-4H2,1H3/q+1. The molecule has 2 rings (SSSR count). The maximum Gasteiger partial charge on any atom is 0.306 e. The van der Waals surface area contributed by atoms with Gasteiger partial charge in [-0.15, -0.1) is 4.00 Å². The van der Waals surface area contributed by atoms with Crippen molar-refractivity contribution in [3.8, 4) is 0 Å². The van der Waals surface area contributed by atoms with Crippen LogP contribution in [0.25, 0.3) is 0 Å². The minimum atomic E-state index is -0.223. The lowest BCUT2D eigenvalue weighted by molar-refractivity contribution is -0.594. The highest BCUT2D eigenvalue weighted by atomic mass is 127. The second kappa shape index (κ2) is 5.50. The molecule has 0 amide bonds. The Bertz CT molecular complexity index is 499. The van der Waals surface area contributed by atoms with E-state index in [1.54, 1.807) is 25.5 Å². The van der Waals surface area contributed by atoms with E-state index in [-0.39, 0.29) is 9.97 Å². The smallest absolute Gasteiger partial charge is 0.306 e. The van der Waals surface area contributed by atoms with Crippen LogP contribution in [-0.2, 0) is 9.53 Å². The third-order valence-corrected chi connectivity index (χ3v) is 4.31. The van der Waals surface area contributed by atoms with Crippen molar-refractivity contribution in [1.29, 1.82) is 0 Å². The Kier molecular flexibility index (Phi) is 4.18. The summed E-state index contributed by atoms with van der Waals surface area (Å²) in [6.45, 7) is 2.18. The van der Waals surface area contributed by atoms with E-state index in [0.29, 0.717) is 19.4 Å². The molecule has 0 N–H and O–H groups in total. The van der Waals surface area contributed by atoms with Gasteiger partial charge in [0.15, 0.2) is 11.8 Å². The summed E-state index contributed by atoms with van der Waals surface area (Å²) >= 11 is 8.53. The van der Waals surface area contributed by atoms with Crippen LogP contribution < -0.4 is 0 Å². The molecule has 7 heteroatoms. The zero-order valence-electron chi connectivity index (χ0n) is 9.77. The molecule has 18 heavy (non-hydrogen) atoms. The minimum Gasteiger partial charge on any atom is -0.466 e. The normalized spacial score (nSPS) is 25.2. The fraction of sp³-hybridized carbons (Fsp3) is 0.364. The minimum absolute atomic E-state index is 0.0161. The molecule has 2 aliphatic rings. The van der Waals surface area contributed by atoms with E-state index in [1.807, 2.05) is 0 Å². The Hall–Kier alpha value is -0.730. The van der Waals surface area contributed by atoms with Gasteiger partial charge in [-0.1, -0.05) is 0 Å². The summed E-state index contributed by atoms with van der Waals surface area (Å²) in [5.74, 6) is -0.223. The highest BCUT2D eigenvalue weighted by Gasteiger charge is 2.43. The quantitative estimate of drug-likeness (QED) is 0.326. The average molecular weight is 381 g/mol. The fourth-order valence-electron chi connectivity index (χ4n) is 1.71. The highest BCUT2D eigenvalue weighted by Crippen LogP contribution is 2.38. The number of allylic oxidation sites excluding steroid dienone is 2. The lowest BCUT2D eigenvalue weighted by Gasteiger charge is -2.19. The Morgan fingerprint density at radius 1 is 1.61 bits per heavy atom. The van der Waals surface area contributed by atoms with Crippen molar-refractivity contribution in [2.75, 3.05) is 6.61 Å². The van der Waals surface area contributed by atoms with Gasteiger partial charge in [0.2, 0.25) is 5.70 Å². The number of amidine groups is 1. The van der Waals surface area contributed by atoms with Crippen LogP contribution in [0.5, 0.6) is 0 Å². The van der Waals surface area contributed by atoms with Gasteiger partial charge >= 0.3 is 5.97 Å². The molecule has 5 nitrogen and oxygen atoms in total. The number of aliphatic imine (C=N–C) groups is 2. The van der Waals surface area contributed by atoms with Gasteiger partial charge in [0.25, 0.3) is 3.84 Å². The number of carbonyl (C=O) groups excluding carboxylic acids is 1. The van der Waals surface area contributed by atoms with Crippen LogP contribution in [0, 0.1) is 0 Å². The summed E-state index contributed by atoms with van der Waals surface area (Å²) in [6, 6.07) is 0. The summed E-state index contributed by atoms with van der Waals surface area (Å²) < 4.78 is 5.64. The van der Waals surface area contributed by atoms with Crippen LogP contribution in [0.1, 0.15) is 19.8 Å². The van der Waals surface area contributed by atoms with Gasteiger partial charge in [-0.25, -0.2) is 0 Å². The van der Waals surface area contributed by atoms with Gasteiger partial charge in [-0.2, -0.15) is 4.99 Å². The lowest BCUT2D eigenvalue weighted by atomic mass is 10.2. The molecule has 0 aromatic heterocycles. The predicted octanol–water partition coefficient (Wildman–Crippen LogP) is 2.87. The molecule has 0 saturated heterocycles. The van der Waals surface area contributed by atoms with Gasteiger partial charge in [-0.3, -0.25) is 9.79 Å². The molecule has 0 saturated carbocycles. The van der Waals surface area contributed by atoms with Crippen LogP contribution in [0.15, 0.2) is 33.8 Å². The zero-order chi connectivity index (χ0) is 13.2. The summed E-state index contributed by atoms with van der Waals surface area (Å²) in [7, 11) is 0. The Labute approximate surface area is 124 Å². The van der Waals surface area contributed by atoms with Crippen molar-refractivity contribution in [3.63, 3.8) is 0 Å². The molecule has 0 bridgehead atoms. The second-order valence-electron chi connectivity index (χ2n) is 3.73. The highest BCUT2D eigenvalue weighted by molar-refractivity contribution is 14.1. The molecule has 0 fully saturated rings. The first-order chi connectivity index (χ1) is 8.58. The maximum atomic E-state index is 11.3. The van der Waals surface area contributed by atoms with E-state index >= 15 is 0 Å². The van der Waals surface area contributed by atoms with Gasteiger partial charge in [0.1, 0.15) is 11.9 Å². The molecular formula is C11H12ClIN3O2+. The number of hydrogen-bond donors (Lipinski definition) is 0. The van der Waals surface area contributed by atoms with E-state index in [2.05, 4.69) is 32.6 Å². The van der Waals surface area contributed by atoms with Crippen LogP contribution >= 0.6 is 34.4 Å². The molecule has 0 aromatic carbocycles. The van der Waals surface area contributed by atoms with Crippen molar-refractivity contribution in [3.05, 3.63) is 23.8 Å². The van der Waals surface area contributed by atoms with E-state index in [0.717, 1.165) is 15.2 Å². The van der Waals surface area contributed by atoms with Crippen LogP contribution in [0.4, 0.5) is 0 Å². The number of esters is 1. The van der Waals surface area contributed by atoms with Crippen LogP contribution in [0.2, 0.25) is 0 Å². The Morgan fingerprint density at radius 3 is 3.11 bits per heavy atom. The topological polar surface area (TPSA) is 51.0 Å². The van der Waals surface area contributed by atoms with E-state index in [4.69, 9.17) is 16.5 Å². The number of nitrogens with zero attached hydrogens (tertiary/aromatic N) is 3. The van der Waals surface area contributed by atoms with E-state index in [9.17, 15) is 4.79 Å². The summed E-state index contributed by atoms with van der Waals surface area (Å²) in [6.07, 6.45) is 5.88. The largest absolute Gasteiger partial charge is 0.466 e. The fourth-order valence-corrected chi connectivity index (χ4v) is 2.65. The second-order valence-corrected chi connectivity index (χ2v) is 5.23. The number of rotatable bonds is 4. The van der Waals surface area contributed by atoms with E-state index in [1.165, 1.54) is 0 Å². The SMILES string of the molecule is CCOC(=O)CCC1=C2C=NC=C[N+]2(Cl)C(I)=N1. The number of ether oxygens (including phenoxy) is 1. The zero-order valence-corrected chi connectivity index (χ0v) is 12.7. The van der Waals surface area contributed by atoms with Crippen LogP contribution in [-0.4, -0.2) is 26.6 Å². The van der Waals surface area contributed by atoms with Crippen molar-refractivity contribution >= 4 is 50.4 Å². The van der Waals surface area contributed by atoms with Gasteiger partial charge in [0.05, 0.1) is 48.0 Å². The van der Waals surface area contributed by atoms with Crippen molar-refractivity contribution in [1.82, 2.24) is 0 Å². The summed E-state index contributed by atoms with van der Waals surface area (Å²) in [5.41, 5.74) is 1.59. The first kappa shape index (κ1) is 13.7. The van der Waals surface area contributed by atoms with Crippen molar-refractivity contribution < 1.29 is 13.5 Å².